The summed E-state index contributed by atoms with van der Waals surface area (Å²) in [4.78, 5) is 25.5. The molecule has 3 rings (SSSR count). The van der Waals surface area contributed by atoms with Gasteiger partial charge in [-0.15, -0.1) is 0 Å². The number of hydrogen-bond donors (Lipinski definition) is 1. The van der Waals surface area contributed by atoms with Crippen molar-refractivity contribution < 1.29 is 19.4 Å². The van der Waals surface area contributed by atoms with Gasteiger partial charge in [0, 0.05) is 28.5 Å². The molecule has 0 aromatic heterocycles. The summed E-state index contributed by atoms with van der Waals surface area (Å²) in [6.07, 6.45) is 1.32. The van der Waals surface area contributed by atoms with Gasteiger partial charge in [0.15, 0.2) is 11.5 Å². The Morgan fingerprint density at radius 1 is 1.09 bits per heavy atom. The summed E-state index contributed by atoms with van der Waals surface area (Å²) in [5.74, 6) is -0.646. The van der Waals surface area contributed by atoms with Crippen LogP contribution in [0.25, 0.3) is 0 Å². The third-order valence-corrected chi connectivity index (χ3v) is 4.68. The molecular weight excluding hydrogens is 280 g/mol. The second-order valence-electron chi connectivity index (χ2n) is 5.92. The smallest absolute Gasteiger partial charge is 0.228 e. The summed E-state index contributed by atoms with van der Waals surface area (Å²) in [6.45, 7) is 4.01. The Kier molecular flexibility index (Phi) is 3.87. The summed E-state index contributed by atoms with van der Waals surface area (Å²) < 4.78 is 5.47. The standard InChI is InChI=1S/C18H20O4/c1-3-7-11-10(4-2)18(21)22-17-14(11)15(19)12-8-5-6-9-13(12)16(17)20/h5-6,8-11,18,21H,3-4,7H2,1-2H3/t10-,11-,18-/m1/s1. The first-order valence-electron chi connectivity index (χ1n) is 7.87. The van der Waals surface area contributed by atoms with Crippen LogP contribution in [0.2, 0.25) is 0 Å². The van der Waals surface area contributed by atoms with Crippen molar-refractivity contribution in [2.24, 2.45) is 11.8 Å². The lowest BCUT2D eigenvalue weighted by atomic mass is 9.72. The van der Waals surface area contributed by atoms with Crippen molar-refractivity contribution in [3.8, 4) is 0 Å². The number of aliphatic hydroxyl groups is 1. The monoisotopic (exact) mass is 300 g/mol. The highest BCUT2D eigenvalue weighted by Crippen LogP contribution is 2.43. The molecule has 0 fully saturated rings. The molecule has 1 aliphatic heterocycles. The van der Waals surface area contributed by atoms with Crippen LogP contribution in [0.1, 0.15) is 53.8 Å². The van der Waals surface area contributed by atoms with E-state index in [1.807, 2.05) is 13.8 Å². The molecule has 22 heavy (non-hydrogen) atoms. The SMILES string of the molecule is CCC[C@H]1C2=C(O[C@@H](O)[C@@H]1CC)C(=O)c1ccccc1C2=O. The molecule has 0 radical (unpaired) electrons. The molecule has 0 saturated heterocycles. The predicted molar refractivity (Wildman–Crippen MR) is 81.4 cm³/mol. The topological polar surface area (TPSA) is 63.6 Å². The van der Waals surface area contributed by atoms with Crippen LogP contribution in [0.3, 0.4) is 0 Å². The molecule has 0 spiro atoms. The van der Waals surface area contributed by atoms with Crippen LogP contribution < -0.4 is 0 Å². The van der Waals surface area contributed by atoms with Crippen LogP contribution in [-0.4, -0.2) is 23.0 Å². The van der Waals surface area contributed by atoms with Crippen molar-refractivity contribution in [1.82, 2.24) is 0 Å². The maximum atomic E-state index is 12.9. The van der Waals surface area contributed by atoms with Crippen molar-refractivity contribution >= 4 is 11.6 Å². The zero-order valence-corrected chi connectivity index (χ0v) is 12.8. The number of fused-ring (bicyclic) bond motifs is 1. The van der Waals surface area contributed by atoms with Crippen molar-refractivity contribution in [2.45, 2.75) is 39.4 Å². The van der Waals surface area contributed by atoms with Gasteiger partial charge < -0.3 is 9.84 Å². The number of hydrogen-bond acceptors (Lipinski definition) is 4. The molecule has 4 heteroatoms. The maximum absolute atomic E-state index is 12.9. The Balaban J connectivity index is 2.15. The van der Waals surface area contributed by atoms with Gasteiger partial charge in [0.2, 0.25) is 12.1 Å². The maximum Gasteiger partial charge on any atom is 0.228 e. The summed E-state index contributed by atoms with van der Waals surface area (Å²) in [5.41, 5.74) is 1.27. The Labute approximate surface area is 129 Å². The molecule has 116 valence electrons. The number of carbonyl (C=O) groups is 2. The number of aliphatic hydroxyl groups excluding tert-OH is 1. The number of carbonyl (C=O) groups excluding carboxylic acids is 2. The van der Waals surface area contributed by atoms with Crippen molar-refractivity contribution in [1.29, 1.82) is 0 Å². The first-order chi connectivity index (χ1) is 10.6. The first kappa shape index (κ1) is 15.0. The zero-order chi connectivity index (χ0) is 15.9. The lowest BCUT2D eigenvalue weighted by molar-refractivity contribution is -0.127. The van der Waals surface area contributed by atoms with E-state index < -0.39 is 6.29 Å². The van der Waals surface area contributed by atoms with Crippen molar-refractivity contribution in [3.05, 3.63) is 46.7 Å². The molecule has 2 aliphatic rings. The van der Waals surface area contributed by atoms with E-state index in [0.717, 1.165) is 12.8 Å². The third kappa shape index (κ3) is 2.10. The third-order valence-electron chi connectivity index (χ3n) is 4.68. The van der Waals surface area contributed by atoms with Crippen LogP contribution in [-0.2, 0) is 4.74 Å². The van der Waals surface area contributed by atoms with Crippen molar-refractivity contribution in [3.63, 3.8) is 0 Å². The number of allylic oxidation sites excluding steroid dienone is 2. The average Bonchev–Trinajstić information content (AvgIpc) is 2.53. The van der Waals surface area contributed by atoms with E-state index >= 15 is 0 Å². The number of Topliss-reactive ketones (excluding diaryl/α,β-unsaturated/α-hetero) is 2. The Morgan fingerprint density at radius 3 is 2.32 bits per heavy atom. The summed E-state index contributed by atoms with van der Waals surface area (Å²) in [7, 11) is 0. The van der Waals surface area contributed by atoms with Gasteiger partial charge in [0.05, 0.1) is 0 Å². The molecule has 1 aromatic carbocycles. The fraction of sp³-hybridized carbons (Fsp3) is 0.444. The Hall–Kier alpha value is -1.94. The highest BCUT2D eigenvalue weighted by atomic mass is 16.6. The van der Waals surface area contributed by atoms with Gasteiger partial charge in [0.25, 0.3) is 0 Å². The molecule has 1 heterocycles. The second kappa shape index (κ2) is 5.69. The average molecular weight is 300 g/mol. The van der Waals surface area contributed by atoms with E-state index in [0.29, 0.717) is 23.1 Å². The molecule has 0 amide bonds. The van der Waals surface area contributed by atoms with E-state index in [2.05, 4.69) is 0 Å². The van der Waals surface area contributed by atoms with E-state index in [1.165, 1.54) is 0 Å². The number of benzene rings is 1. The summed E-state index contributed by atoms with van der Waals surface area (Å²) in [6, 6.07) is 6.82. The zero-order valence-electron chi connectivity index (χ0n) is 12.8. The largest absolute Gasteiger partial charge is 0.460 e. The lowest BCUT2D eigenvalue weighted by Gasteiger charge is -2.39. The van der Waals surface area contributed by atoms with Gasteiger partial charge in [-0.3, -0.25) is 9.59 Å². The van der Waals surface area contributed by atoms with Crippen LogP contribution >= 0.6 is 0 Å². The quantitative estimate of drug-likeness (QED) is 0.931. The molecule has 1 N–H and O–H groups in total. The molecule has 1 aliphatic carbocycles. The second-order valence-corrected chi connectivity index (χ2v) is 5.92. The molecule has 1 aromatic rings. The highest BCUT2D eigenvalue weighted by molar-refractivity contribution is 6.26. The van der Waals surface area contributed by atoms with Gasteiger partial charge in [-0.1, -0.05) is 44.5 Å². The lowest BCUT2D eigenvalue weighted by Crippen LogP contribution is -2.42. The molecule has 0 bridgehead atoms. The number of ether oxygens (including phenoxy) is 1. The summed E-state index contributed by atoms with van der Waals surface area (Å²) in [5, 5.41) is 10.2. The molecule has 0 unspecified atom stereocenters. The van der Waals surface area contributed by atoms with E-state index in [9.17, 15) is 14.7 Å². The van der Waals surface area contributed by atoms with Gasteiger partial charge in [0.1, 0.15) is 0 Å². The fourth-order valence-electron chi connectivity index (χ4n) is 3.60. The van der Waals surface area contributed by atoms with E-state index in [1.54, 1.807) is 24.3 Å². The first-order valence-corrected chi connectivity index (χ1v) is 7.87. The highest BCUT2D eigenvalue weighted by Gasteiger charge is 2.45. The van der Waals surface area contributed by atoms with Crippen LogP contribution in [0, 0.1) is 11.8 Å². The molecule has 4 nitrogen and oxygen atoms in total. The van der Waals surface area contributed by atoms with E-state index in [4.69, 9.17) is 4.74 Å². The van der Waals surface area contributed by atoms with Gasteiger partial charge in [-0.2, -0.15) is 0 Å². The minimum Gasteiger partial charge on any atom is -0.460 e. The minimum atomic E-state index is -1.03. The summed E-state index contributed by atoms with van der Waals surface area (Å²) >= 11 is 0. The number of rotatable bonds is 3. The molecule has 3 atom stereocenters. The van der Waals surface area contributed by atoms with Crippen molar-refractivity contribution in [2.75, 3.05) is 0 Å². The van der Waals surface area contributed by atoms with Crippen LogP contribution in [0.15, 0.2) is 35.6 Å². The fourth-order valence-corrected chi connectivity index (χ4v) is 3.60. The normalized spacial score (nSPS) is 27.3. The minimum absolute atomic E-state index is 0.0550. The van der Waals surface area contributed by atoms with Crippen LogP contribution in [0.4, 0.5) is 0 Å². The molecular formula is C18H20O4. The Bertz CT molecular complexity index is 659. The van der Waals surface area contributed by atoms with Gasteiger partial charge in [-0.25, -0.2) is 0 Å². The van der Waals surface area contributed by atoms with E-state index in [-0.39, 0.29) is 29.2 Å². The van der Waals surface area contributed by atoms with Crippen LogP contribution in [0.5, 0.6) is 0 Å². The van der Waals surface area contributed by atoms with Gasteiger partial charge in [-0.05, 0) is 12.8 Å². The Morgan fingerprint density at radius 2 is 1.73 bits per heavy atom. The van der Waals surface area contributed by atoms with Gasteiger partial charge >= 0.3 is 0 Å². The predicted octanol–water partition coefficient (Wildman–Crippen LogP) is 3.11. The molecule has 0 saturated carbocycles. The number of ketones is 2.